The first-order valence-corrected chi connectivity index (χ1v) is 11.0. The van der Waals surface area contributed by atoms with E-state index in [-0.39, 0.29) is 5.91 Å². The lowest BCUT2D eigenvalue weighted by molar-refractivity contribution is 0.0945. The molecule has 6 heteroatoms. The minimum Gasteiger partial charge on any atom is -0.501 e. The molecule has 5 nitrogen and oxygen atoms in total. The van der Waals surface area contributed by atoms with Crippen molar-refractivity contribution in [1.29, 1.82) is 0 Å². The van der Waals surface area contributed by atoms with E-state index in [1.165, 1.54) is 16.7 Å². The van der Waals surface area contributed by atoms with Crippen molar-refractivity contribution in [3.8, 4) is 0 Å². The third-order valence-corrected chi connectivity index (χ3v) is 5.56. The summed E-state index contributed by atoms with van der Waals surface area (Å²) >= 11 is 6.18. The molecule has 2 aromatic rings. The monoisotopic (exact) mass is 440 g/mol. The molecule has 1 aromatic carbocycles. The van der Waals surface area contributed by atoms with Crippen LogP contribution < -0.4 is 5.32 Å². The SMILES string of the molecule is CC/C=C(/CCNC(=O)c1cc(CC2=CC=C(OC)CC2)on1)c1cc(Cl)ccc1C. The van der Waals surface area contributed by atoms with Gasteiger partial charge in [-0.3, -0.25) is 4.79 Å². The highest BCUT2D eigenvalue weighted by molar-refractivity contribution is 6.30. The van der Waals surface area contributed by atoms with Crippen molar-refractivity contribution in [3.05, 3.63) is 81.4 Å². The summed E-state index contributed by atoms with van der Waals surface area (Å²) < 4.78 is 10.6. The molecule has 0 bridgehead atoms. The maximum Gasteiger partial charge on any atom is 0.273 e. The van der Waals surface area contributed by atoms with Crippen LogP contribution in [0.5, 0.6) is 0 Å². The van der Waals surface area contributed by atoms with Gasteiger partial charge in [0, 0.05) is 30.5 Å². The van der Waals surface area contributed by atoms with E-state index in [1.54, 1.807) is 13.2 Å². The van der Waals surface area contributed by atoms with Crippen LogP contribution in [0.15, 0.2) is 58.3 Å². The van der Waals surface area contributed by atoms with Gasteiger partial charge in [0.1, 0.15) is 5.76 Å². The van der Waals surface area contributed by atoms with E-state index in [1.807, 2.05) is 30.4 Å². The Kier molecular flexibility index (Phi) is 8.13. The standard InChI is InChI=1S/C25H29ClN2O3/c1-4-5-19(23-15-20(26)9-6-17(23)2)12-13-27-25(29)24-16-22(31-28-24)14-18-7-10-21(30-3)11-8-18/h5-7,9-10,15-16H,4,8,11-14H2,1-3H3,(H,27,29)/b19-5-. The number of rotatable bonds is 9. The molecule has 1 aromatic heterocycles. The number of nitrogens with zero attached hydrogens (tertiary/aromatic N) is 1. The minimum absolute atomic E-state index is 0.229. The third kappa shape index (κ3) is 6.34. The molecule has 0 spiro atoms. The second kappa shape index (κ2) is 11.0. The van der Waals surface area contributed by atoms with E-state index in [9.17, 15) is 4.79 Å². The zero-order valence-corrected chi connectivity index (χ0v) is 19.1. The zero-order chi connectivity index (χ0) is 22.2. The highest BCUT2D eigenvalue weighted by Crippen LogP contribution is 2.26. The fourth-order valence-electron chi connectivity index (χ4n) is 3.64. The zero-order valence-electron chi connectivity index (χ0n) is 18.3. The number of hydrogen-bond donors (Lipinski definition) is 1. The van der Waals surface area contributed by atoms with Gasteiger partial charge in [-0.25, -0.2) is 0 Å². The number of aryl methyl sites for hydroxylation is 1. The van der Waals surface area contributed by atoms with Crippen molar-refractivity contribution in [3.63, 3.8) is 0 Å². The molecule has 1 amide bonds. The van der Waals surface area contributed by atoms with Crippen LogP contribution in [0.1, 0.15) is 60.0 Å². The summed E-state index contributed by atoms with van der Waals surface area (Å²) in [5.41, 5.74) is 5.01. The number of ether oxygens (including phenoxy) is 1. The van der Waals surface area contributed by atoms with E-state index in [0.29, 0.717) is 35.9 Å². The number of hydrogen-bond acceptors (Lipinski definition) is 4. The van der Waals surface area contributed by atoms with E-state index < -0.39 is 0 Å². The maximum atomic E-state index is 12.5. The average Bonchev–Trinajstić information content (AvgIpc) is 3.24. The number of halogens is 1. The molecular weight excluding hydrogens is 412 g/mol. The van der Waals surface area contributed by atoms with Gasteiger partial charge in [0.25, 0.3) is 5.91 Å². The Hall–Kier alpha value is -2.79. The lowest BCUT2D eigenvalue weighted by atomic mass is 9.97. The van der Waals surface area contributed by atoms with E-state index in [4.69, 9.17) is 20.9 Å². The van der Waals surface area contributed by atoms with Crippen LogP contribution in [-0.4, -0.2) is 24.7 Å². The molecule has 1 heterocycles. The molecule has 3 rings (SSSR count). The Morgan fingerprint density at radius 2 is 2.13 bits per heavy atom. The Labute approximate surface area is 188 Å². The second-order valence-corrected chi connectivity index (χ2v) is 8.06. The van der Waals surface area contributed by atoms with Crippen molar-refractivity contribution in [2.75, 3.05) is 13.7 Å². The van der Waals surface area contributed by atoms with Gasteiger partial charge in [0.15, 0.2) is 5.69 Å². The summed E-state index contributed by atoms with van der Waals surface area (Å²) in [6, 6.07) is 7.61. The molecule has 0 fully saturated rings. The van der Waals surface area contributed by atoms with Gasteiger partial charge < -0.3 is 14.6 Å². The smallest absolute Gasteiger partial charge is 0.273 e. The van der Waals surface area contributed by atoms with Crippen LogP contribution in [-0.2, 0) is 11.2 Å². The van der Waals surface area contributed by atoms with Gasteiger partial charge in [-0.1, -0.05) is 47.5 Å². The van der Waals surface area contributed by atoms with Gasteiger partial charge >= 0.3 is 0 Å². The van der Waals surface area contributed by atoms with Gasteiger partial charge in [-0.05, 0) is 61.1 Å². The molecule has 0 aliphatic heterocycles. The molecule has 31 heavy (non-hydrogen) atoms. The van der Waals surface area contributed by atoms with Gasteiger partial charge in [-0.15, -0.1) is 0 Å². The normalized spacial score (nSPS) is 14.1. The van der Waals surface area contributed by atoms with Crippen molar-refractivity contribution in [1.82, 2.24) is 10.5 Å². The molecule has 164 valence electrons. The largest absolute Gasteiger partial charge is 0.501 e. The van der Waals surface area contributed by atoms with Gasteiger partial charge in [0.05, 0.1) is 12.9 Å². The summed E-state index contributed by atoms with van der Waals surface area (Å²) in [6.45, 7) is 4.68. The number of nitrogens with one attached hydrogen (secondary N) is 1. The predicted molar refractivity (Wildman–Crippen MR) is 124 cm³/mol. The Morgan fingerprint density at radius 3 is 2.84 bits per heavy atom. The summed E-state index contributed by atoms with van der Waals surface area (Å²) in [5.74, 6) is 1.44. The molecule has 1 N–H and O–H groups in total. The Bertz CT molecular complexity index is 1020. The van der Waals surface area contributed by atoms with Crippen molar-refractivity contribution >= 4 is 23.1 Å². The summed E-state index contributed by atoms with van der Waals surface area (Å²) in [6.07, 6.45) is 10.3. The van der Waals surface area contributed by atoms with E-state index in [2.05, 4.69) is 30.4 Å². The van der Waals surface area contributed by atoms with Crippen LogP contribution in [0.4, 0.5) is 0 Å². The molecule has 1 aliphatic carbocycles. The lowest BCUT2D eigenvalue weighted by Crippen LogP contribution is -2.25. The van der Waals surface area contributed by atoms with Crippen LogP contribution in [0.3, 0.4) is 0 Å². The van der Waals surface area contributed by atoms with E-state index in [0.717, 1.165) is 30.6 Å². The molecule has 0 saturated carbocycles. The number of benzene rings is 1. The van der Waals surface area contributed by atoms with Crippen LogP contribution in [0.25, 0.3) is 5.57 Å². The molecule has 0 radical (unpaired) electrons. The molecule has 0 atom stereocenters. The summed E-state index contributed by atoms with van der Waals surface area (Å²) in [5, 5.41) is 7.60. The van der Waals surface area contributed by atoms with Crippen molar-refractivity contribution in [2.45, 2.75) is 46.0 Å². The molecule has 1 aliphatic rings. The number of carbonyl (C=O) groups is 1. The fourth-order valence-corrected chi connectivity index (χ4v) is 3.81. The van der Waals surface area contributed by atoms with Gasteiger partial charge in [-0.2, -0.15) is 0 Å². The van der Waals surface area contributed by atoms with Crippen molar-refractivity contribution in [2.24, 2.45) is 0 Å². The minimum atomic E-state index is -0.229. The maximum absolute atomic E-state index is 12.5. The lowest BCUT2D eigenvalue weighted by Gasteiger charge is -2.12. The van der Waals surface area contributed by atoms with Crippen molar-refractivity contribution < 1.29 is 14.1 Å². The number of methoxy groups -OCH3 is 1. The number of amides is 1. The average molecular weight is 441 g/mol. The Balaban J connectivity index is 1.56. The number of allylic oxidation sites excluding steroid dienone is 5. The number of carbonyl (C=O) groups excluding carboxylic acids is 1. The first-order valence-electron chi connectivity index (χ1n) is 10.6. The summed E-state index contributed by atoms with van der Waals surface area (Å²) in [7, 11) is 1.68. The van der Waals surface area contributed by atoms with Crippen LogP contribution in [0, 0.1) is 6.92 Å². The third-order valence-electron chi connectivity index (χ3n) is 5.33. The molecular formula is C25H29ClN2O3. The van der Waals surface area contributed by atoms with Crippen LogP contribution in [0.2, 0.25) is 5.02 Å². The van der Waals surface area contributed by atoms with Crippen LogP contribution >= 0.6 is 11.6 Å². The number of aromatic nitrogens is 1. The molecule has 0 unspecified atom stereocenters. The van der Waals surface area contributed by atoms with Gasteiger partial charge in [0.2, 0.25) is 0 Å². The molecule has 0 saturated heterocycles. The summed E-state index contributed by atoms with van der Waals surface area (Å²) in [4.78, 5) is 12.5. The predicted octanol–water partition coefficient (Wildman–Crippen LogP) is 6.04. The first-order chi connectivity index (χ1) is 15.0. The first kappa shape index (κ1) is 22.9. The Morgan fingerprint density at radius 1 is 1.29 bits per heavy atom. The quantitative estimate of drug-likeness (QED) is 0.516. The fraction of sp³-hybridized carbons (Fsp3) is 0.360. The second-order valence-electron chi connectivity index (χ2n) is 7.62. The van der Waals surface area contributed by atoms with E-state index >= 15 is 0 Å². The highest BCUT2D eigenvalue weighted by atomic mass is 35.5. The highest BCUT2D eigenvalue weighted by Gasteiger charge is 2.15. The topological polar surface area (TPSA) is 64.4 Å².